The molecule has 0 radical (unpaired) electrons. The Labute approximate surface area is 135 Å². The van der Waals surface area contributed by atoms with Gasteiger partial charge in [0.05, 0.1) is 5.92 Å². The van der Waals surface area contributed by atoms with Crippen LogP contribution in [0.15, 0.2) is 29.4 Å². The van der Waals surface area contributed by atoms with Crippen molar-refractivity contribution in [1.82, 2.24) is 14.6 Å². The third kappa shape index (κ3) is 3.69. The third-order valence-electron chi connectivity index (χ3n) is 4.21. The lowest BCUT2D eigenvalue weighted by atomic mass is 9.97. The Balaban J connectivity index is 1.64. The number of nitrogens with one attached hydrogen (secondary N) is 1. The van der Waals surface area contributed by atoms with E-state index >= 15 is 0 Å². The van der Waals surface area contributed by atoms with E-state index in [0.29, 0.717) is 25.9 Å². The number of pyridine rings is 1. The average molecular weight is 337 g/mol. The van der Waals surface area contributed by atoms with Gasteiger partial charge in [-0.05, 0) is 37.8 Å². The molecule has 0 bridgehead atoms. The molecule has 8 heteroatoms. The van der Waals surface area contributed by atoms with Crippen LogP contribution in [0.4, 0.5) is 0 Å². The molecule has 1 aromatic heterocycles. The van der Waals surface area contributed by atoms with E-state index in [1.165, 1.54) is 24.5 Å². The Morgan fingerprint density at radius 1 is 1.22 bits per heavy atom. The number of sulfonamides is 1. The summed E-state index contributed by atoms with van der Waals surface area (Å²) in [6, 6.07) is 2.88. The number of carbonyl (C=O) groups is 2. The van der Waals surface area contributed by atoms with Crippen molar-refractivity contribution >= 4 is 21.8 Å². The summed E-state index contributed by atoms with van der Waals surface area (Å²) in [7, 11) is -3.92. The van der Waals surface area contributed by atoms with Crippen LogP contribution in [0.2, 0.25) is 0 Å². The Bertz CT molecular complexity index is 701. The number of aromatic nitrogens is 1. The monoisotopic (exact) mass is 337 g/mol. The second-order valence-electron chi connectivity index (χ2n) is 6.06. The Kier molecular flexibility index (Phi) is 4.34. The Hall–Kier alpha value is -1.96. The third-order valence-corrected chi connectivity index (χ3v) is 5.54. The standard InChI is InChI=1S/C15H19N3O4S/c19-14(17-23(21,22)13-4-1-7-16-9-13)12-3-2-8-18(10-12)15(20)11-5-6-11/h1,4,7,9,11-12H,2-3,5-6,8,10H2,(H,17,19)/t12-/m0/s1. The first-order valence-electron chi connectivity index (χ1n) is 7.73. The van der Waals surface area contributed by atoms with Crippen LogP contribution in [0.25, 0.3) is 0 Å². The highest BCUT2D eigenvalue weighted by atomic mass is 32.2. The van der Waals surface area contributed by atoms with Gasteiger partial charge >= 0.3 is 0 Å². The van der Waals surface area contributed by atoms with Gasteiger partial charge in [-0.1, -0.05) is 0 Å². The Morgan fingerprint density at radius 2 is 2.00 bits per heavy atom. The fourth-order valence-corrected chi connectivity index (χ4v) is 3.77. The number of carbonyl (C=O) groups excluding carboxylic acids is 2. The van der Waals surface area contributed by atoms with E-state index in [1.807, 2.05) is 0 Å². The molecule has 1 atom stereocenters. The molecule has 2 aliphatic rings. The highest BCUT2D eigenvalue weighted by Crippen LogP contribution is 2.32. The van der Waals surface area contributed by atoms with E-state index in [2.05, 4.69) is 9.71 Å². The maximum Gasteiger partial charge on any atom is 0.265 e. The van der Waals surface area contributed by atoms with Gasteiger partial charge in [0.15, 0.2) is 0 Å². The van der Waals surface area contributed by atoms with E-state index < -0.39 is 21.8 Å². The fourth-order valence-electron chi connectivity index (χ4n) is 2.76. The van der Waals surface area contributed by atoms with Gasteiger partial charge in [0.1, 0.15) is 4.90 Å². The number of hydrogen-bond donors (Lipinski definition) is 1. The molecule has 2 amide bonds. The van der Waals surface area contributed by atoms with E-state index in [4.69, 9.17) is 0 Å². The lowest BCUT2D eigenvalue weighted by Crippen LogP contribution is -2.47. The summed E-state index contributed by atoms with van der Waals surface area (Å²) in [4.78, 5) is 29.8. The van der Waals surface area contributed by atoms with Gasteiger partial charge in [0.2, 0.25) is 11.8 Å². The minimum Gasteiger partial charge on any atom is -0.342 e. The van der Waals surface area contributed by atoms with Crippen molar-refractivity contribution in [3.05, 3.63) is 24.5 Å². The first-order chi connectivity index (χ1) is 11.0. The number of rotatable bonds is 4. The van der Waals surface area contributed by atoms with Crippen LogP contribution in [-0.4, -0.2) is 43.2 Å². The molecule has 3 rings (SSSR count). The molecular weight excluding hydrogens is 318 g/mol. The molecule has 0 aromatic carbocycles. The van der Waals surface area contributed by atoms with Crippen molar-refractivity contribution in [3.8, 4) is 0 Å². The van der Waals surface area contributed by atoms with Gasteiger partial charge < -0.3 is 4.90 Å². The molecule has 7 nitrogen and oxygen atoms in total. The van der Waals surface area contributed by atoms with Crippen molar-refractivity contribution in [2.75, 3.05) is 13.1 Å². The van der Waals surface area contributed by atoms with Gasteiger partial charge in [-0.3, -0.25) is 14.6 Å². The van der Waals surface area contributed by atoms with Crippen LogP contribution in [0.1, 0.15) is 25.7 Å². The smallest absolute Gasteiger partial charge is 0.265 e. The van der Waals surface area contributed by atoms with Gasteiger partial charge in [-0.15, -0.1) is 0 Å². The Morgan fingerprint density at radius 3 is 2.65 bits per heavy atom. The summed E-state index contributed by atoms with van der Waals surface area (Å²) in [6.45, 7) is 0.943. The first-order valence-corrected chi connectivity index (χ1v) is 9.21. The molecule has 124 valence electrons. The van der Waals surface area contributed by atoms with E-state index in [9.17, 15) is 18.0 Å². The molecule has 1 aromatic rings. The second-order valence-corrected chi connectivity index (χ2v) is 7.74. The summed E-state index contributed by atoms with van der Waals surface area (Å²) in [6.07, 6.45) is 5.79. The molecule has 2 fully saturated rings. The predicted octanol–water partition coefficient (Wildman–Crippen LogP) is 0.535. The quantitative estimate of drug-likeness (QED) is 0.865. The summed E-state index contributed by atoms with van der Waals surface area (Å²) < 4.78 is 26.4. The van der Waals surface area contributed by atoms with Crippen molar-refractivity contribution in [2.45, 2.75) is 30.6 Å². The number of likely N-dealkylation sites (tertiary alicyclic amines) is 1. The maximum absolute atomic E-state index is 12.3. The number of hydrogen-bond acceptors (Lipinski definition) is 5. The molecule has 1 N–H and O–H groups in total. The molecule has 1 saturated heterocycles. The van der Waals surface area contributed by atoms with Crippen LogP contribution in [0, 0.1) is 11.8 Å². The first kappa shape index (κ1) is 15.9. The van der Waals surface area contributed by atoms with Crippen LogP contribution < -0.4 is 4.72 Å². The molecule has 0 spiro atoms. The molecule has 2 heterocycles. The fraction of sp³-hybridized carbons (Fsp3) is 0.533. The number of piperidine rings is 1. The summed E-state index contributed by atoms with van der Waals surface area (Å²) in [5, 5.41) is 0. The normalized spacial score (nSPS) is 21.7. The minimum absolute atomic E-state index is 0.0462. The molecule has 1 saturated carbocycles. The van der Waals surface area contributed by atoms with E-state index in [-0.39, 0.29) is 16.7 Å². The van der Waals surface area contributed by atoms with Crippen molar-refractivity contribution in [2.24, 2.45) is 11.8 Å². The topological polar surface area (TPSA) is 96.4 Å². The maximum atomic E-state index is 12.3. The van der Waals surface area contributed by atoms with Gasteiger partial charge in [-0.2, -0.15) is 0 Å². The van der Waals surface area contributed by atoms with Crippen LogP contribution in [0.5, 0.6) is 0 Å². The van der Waals surface area contributed by atoms with Crippen molar-refractivity contribution < 1.29 is 18.0 Å². The molecular formula is C15H19N3O4S. The summed E-state index contributed by atoms with van der Waals surface area (Å²) in [5.74, 6) is -0.839. The summed E-state index contributed by atoms with van der Waals surface area (Å²) >= 11 is 0. The predicted molar refractivity (Wildman–Crippen MR) is 81.6 cm³/mol. The minimum atomic E-state index is -3.92. The van der Waals surface area contributed by atoms with E-state index in [0.717, 1.165) is 12.8 Å². The molecule has 1 aliphatic carbocycles. The van der Waals surface area contributed by atoms with Gasteiger partial charge in [0, 0.05) is 31.4 Å². The zero-order valence-corrected chi connectivity index (χ0v) is 13.5. The zero-order chi connectivity index (χ0) is 16.4. The second kappa shape index (κ2) is 6.27. The number of amides is 2. The summed E-state index contributed by atoms with van der Waals surface area (Å²) in [5.41, 5.74) is 0. The van der Waals surface area contributed by atoms with Crippen LogP contribution >= 0.6 is 0 Å². The zero-order valence-electron chi connectivity index (χ0n) is 12.6. The van der Waals surface area contributed by atoms with Gasteiger partial charge in [-0.25, -0.2) is 13.1 Å². The molecule has 23 heavy (non-hydrogen) atoms. The number of nitrogens with zero attached hydrogens (tertiary/aromatic N) is 2. The largest absolute Gasteiger partial charge is 0.342 e. The molecule has 1 aliphatic heterocycles. The van der Waals surface area contributed by atoms with Crippen LogP contribution in [-0.2, 0) is 19.6 Å². The lowest BCUT2D eigenvalue weighted by Gasteiger charge is -2.32. The van der Waals surface area contributed by atoms with Crippen molar-refractivity contribution in [1.29, 1.82) is 0 Å². The SMILES string of the molecule is O=C(NS(=O)(=O)c1cccnc1)[C@H]1CCCN(C(=O)C2CC2)C1. The van der Waals surface area contributed by atoms with Crippen LogP contribution in [0.3, 0.4) is 0 Å². The highest BCUT2D eigenvalue weighted by molar-refractivity contribution is 7.90. The highest BCUT2D eigenvalue weighted by Gasteiger charge is 2.37. The lowest BCUT2D eigenvalue weighted by molar-refractivity contribution is -0.136. The molecule has 0 unspecified atom stereocenters. The van der Waals surface area contributed by atoms with Gasteiger partial charge in [0.25, 0.3) is 10.0 Å². The van der Waals surface area contributed by atoms with Crippen molar-refractivity contribution in [3.63, 3.8) is 0 Å². The van der Waals surface area contributed by atoms with E-state index in [1.54, 1.807) is 4.90 Å². The average Bonchev–Trinajstić information content (AvgIpc) is 3.40.